The number of amides is 2. The van der Waals surface area contributed by atoms with Crippen molar-refractivity contribution in [3.8, 4) is 11.5 Å². The summed E-state index contributed by atoms with van der Waals surface area (Å²) >= 11 is 5.20. The fourth-order valence-electron chi connectivity index (χ4n) is 2.67. The van der Waals surface area contributed by atoms with E-state index in [0.29, 0.717) is 23.6 Å². The summed E-state index contributed by atoms with van der Waals surface area (Å²) < 4.78 is 10.7. The van der Waals surface area contributed by atoms with Crippen LogP contribution in [0, 0.1) is 0 Å². The normalized spacial score (nSPS) is 15.6. The number of thiocarbonyl (C=S) groups is 1. The lowest BCUT2D eigenvalue weighted by Gasteiger charge is -2.29. The van der Waals surface area contributed by atoms with Crippen molar-refractivity contribution in [3.05, 3.63) is 59.7 Å². The van der Waals surface area contributed by atoms with Crippen LogP contribution < -0.4 is 19.7 Å². The van der Waals surface area contributed by atoms with Gasteiger partial charge in [0.25, 0.3) is 11.8 Å². The van der Waals surface area contributed by atoms with Crippen molar-refractivity contribution < 1.29 is 19.1 Å². The summed E-state index contributed by atoms with van der Waals surface area (Å²) in [7, 11) is 1.56. The molecular weight excluding hydrogens is 376 g/mol. The van der Waals surface area contributed by atoms with Crippen molar-refractivity contribution in [2.75, 3.05) is 18.6 Å². The van der Waals surface area contributed by atoms with Crippen molar-refractivity contribution in [3.63, 3.8) is 0 Å². The van der Waals surface area contributed by atoms with E-state index in [0.717, 1.165) is 12.2 Å². The Kier molecular flexibility index (Phi) is 6.06. The molecule has 0 aromatic heterocycles. The largest absolute Gasteiger partial charge is 0.497 e. The van der Waals surface area contributed by atoms with Crippen molar-refractivity contribution in [1.29, 1.82) is 0 Å². The monoisotopic (exact) mass is 396 g/mol. The number of methoxy groups -OCH3 is 1. The zero-order valence-corrected chi connectivity index (χ0v) is 16.4. The molecule has 0 saturated carbocycles. The molecule has 0 atom stereocenters. The maximum absolute atomic E-state index is 13.0. The molecule has 1 N–H and O–H groups in total. The van der Waals surface area contributed by atoms with E-state index in [1.807, 2.05) is 6.92 Å². The molecule has 2 aromatic rings. The molecule has 0 aliphatic carbocycles. The zero-order valence-electron chi connectivity index (χ0n) is 15.6. The first-order valence-corrected chi connectivity index (χ1v) is 9.22. The predicted octanol–water partition coefficient (Wildman–Crippen LogP) is 3.32. The fraction of sp³-hybridized carbons (Fsp3) is 0.190. The predicted molar refractivity (Wildman–Crippen MR) is 111 cm³/mol. The Morgan fingerprint density at radius 3 is 2.29 bits per heavy atom. The summed E-state index contributed by atoms with van der Waals surface area (Å²) in [6, 6.07) is 14.1. The van der Waals surface area contributed by atoms with Crippen LogP contribution in [0.2, 0.25) is 0 Å². The van der Waals surface area contributed by atoms with E-state index in [-0.39, 0.29) is 10.7 Å². The van der Waals surface area contributed by atoms with Crippen LogP contribution in [-0.2, 0) is 9.59 Å². The third kappa shape index (κ3) is 4.20. The van der Waals surface area contributed by atoms with Gasteiger partial charge in [-0.3, -0.25) is 19.8 Å². The maximum atomic E-state index is 13.0. The minimum Gasteiger partial charge on any atom is -0.497 e. The first kappa shape index (κ1) is 19.6. The average molecular weight is 396 g/mol. The Labute approximate surface area is 168 Å². The molecule has 7 heteroatoms. The van der Waals surface area contributed by atoms with Gasteiger partial charge in [0.15, 0.2) is 5.11 Å². The topological polar surface area (TPSA) is 67.9 Å². The minimum absolute atomic E-state index is 0.00615. The average Bonchev–Trinajstić information content (AvgIpc) is 2.71. The summed E-state index contributed by atoms with van der Waals surface area (Å²) in [6.07, 6.45) is 2.46. The minimum atomic E-state index is -0.522. The van der Waals surface area contributed by atoms with Crippen molar-refractivity contribution in [2.24, 2.45) is 0 Å². The van der Waals surface area contributed by atoms with Gasteiger partial charge in [-0.2, -0.15) is 0 Å². The number of nitrogens with one attached hydrogen (secondary N) is 1. The first-order chi connectivity index (χ1) is 13.5. The Balaban J connectivity index is 1.87. The molecule has 28 heavy (non-hydrogen) atoms. The van der Waals surface area contributed by atoms with Gasteiger partial charge in [0.1, 0.15) is 17.1 Å². The van der Waals surface area contributed by atoms with Crippen molar-refractivity contribution in [2.45, 2.75) is 13.3 Å². The summed E-state index contributed by atoms with van der Waals surface area (Å²) in [5.41, 5.74) is 1.27. The fourth-order valence-corrected chi connectivity index (χ4v) is 2.95. The molecule has 0 radical (unpaired) electrons. The Bertz CT molecular complexity index is 920. The molecule has 144 valence electrons. The van der Waals surface area contributed by atoms with Crippen LogP contribution >= 0.6 is 12.2 Å². The zero-order chi connectivity index (χ0) is 20.1. The highest BCUT2D eigenvalue weighted by atomic mass is 32.1. The molecule has 1 heterocycles. The maximum Gasteiger partial charge on any atom is 0.270 e. The molecule has 1 aliphatic heterocycles. The third-order valence-corrected chi connectivity index (χ3v) is 4.38. The second-order valence-corrected chi connectivity index (χ2v) is 6.46. The lowest BCUT2D eigenvalue weighted by atomic mass is 10.1. The van der Waals surface area contributed by atoms with Gasteiger partial charge in [-0.15, -0.1) is 0 Å². The van der Waals surface area contributed by atoms with E-state index in [1.165, 1.54) is 4.90 Å². The first-order valence-electron chi connectivity index (χ1n) is 8.82. The van der Waals surface area contributed by atoms with Crippen molar-refractivity contribution in [1.82, 2.24) is 5.32 Å². The number of anilines is 1. The molecule has 6 nitrogen and oxygen atoms in total. The Morgan fingerprint density at radius 2 is 1.68 bits per heavy atom. The van der Waals surface area contributed by atoms with Gasteiger partial charge < -0.3 is 9.47 Å². The number of rotatable bonds is 6. The van der Waals surface area contributed by atoms with Gasteiger partial charge in [-0.1, -0.05) is 19.1 Å². The third-order valence-electron chi connectivity index (χ3n) is 4.10. The van der Waals surface area contributed by atoms with E-state index in [9.17, 15) is 9.59 Å². The Hall–Kier alpha value is -3.19. The number of ether oxygens (including phenoxy) is 2. The van der Waals surface area contributed by atoms with E-state index >= 15 is 0 Å². The number of carbonyl (C=O) groups is 2. The number of carbonyl (C=O) groups excluding carboxylic acids is 2. The van der Waals surface area contributed by atoms with E-state index in [2.05, 4.69) is 5.32 Å². The molecule has 0 bridgehead atoms. The number of hydrogen-bond donors (Lipinski definition) is 1. The SMILES string of the molecule is CCCOc1ccc(/C=C2\C(=O)NC(=S)N(c3ccc(OC)cc3)C2=O)cc1. The Morgan fingerprint density at radius 1 is 1.04 bits per heavy atom. The summed E-state index contributed by atoms with van der Waals surface area (Å²) in [5, 5.41) is 2.61. The van der Waals surface area contributed by atoms with E-state index in [4.69, 9.17) is 21.7 Å². The van der Waals surface area contributed by atoms with Crippen LogP contribution in [0.1, 0.15) is 18.9 Å². The molecule has 2 aromatic carbocycles. The molecule has 1 aliphatic rings. The van der Waals surface area contributed by atoms with Crippen LogP contribution in [0.5, 0.6) is 11.5 Å². The lowest BCUT2D eigenvalue weighted by Crippen LogP contribution is -2.54. The van der Waals surface area contributed by atoms with E-state index in [1.54, 1.807) is 61.7 Å². The van der Waals surface area contributed by atoms with Gasteiger partial charge in [0, 0.05) is 0 Å². The van der Waals surface area contributed by atoms with Crippen LogP contribution in [0.4, 0.5) is 5.69 Å². The molecular formula is C21H20N2O4S. The quantitative estimate of drug-likeness (QED) is 0.461. The van der Waals surface area contributed by atoms with Gasteiger partial charge in [0.2, 0.25) is 0 Å². The van der Waals surface area contributed by atoms with Crippen LogP contribution in [-0.4, -0.2) is 30.6 Å². The lowest BCUT2D eigenvalue weighted by molar-refractivity contribution is -0.122. The van der Waals surface area contributed by atoms with Crippen LogP contribution in [0.25, 0.3) is 6.08 Å². The molecule has 0 spiro atoms. The number of hydrogen-bond acceptors (Lipinski definition) is 5. The number of nitrogens with zero attached hydrogens (tertiary/aromatic N) is 1. The van der Waals surface area contributed by atoms with Gasteiger partial charge >= 0.3 is 0 Å². The standard InChI is InChI=1S/C21H20N2O4S/c1-3-12-27-17-8-4-14(5-9-17)13-18-19(24)22-21(28)23(20(18)25)15-6-10-16(26-2)11-7-15/h4-11,13H,3,12H2,1-2H3,(H,22,24,28)/b18-13+. The number of benzene rings is 2. The summed E-state index contributed by atoms with van der Waals surface area (Å²) in [6.45, 7) is 2.67. The summed E-state index contributed by atoms with van der Waals surface area (Å²) in [5.74, 6) is 0.394. The molecule has 3 rings (SSSR count). The molecule has 0 unspecified atom stereocenters. The van der Waals surface area contributed by atoms with Gasteiger partial charge in [-0.25, -0.2) is 0 Å². The smallest absolute Gasteiger partial charge is 0.270 e. The molecule has 1 fully saturated rings. The second-order valence-electron chi connectivity index (χ2n) is 6.07. The van der Waals surface area contributed by atoms with Crippen LogP contribution in [0.3, 0.4) is 0 Å². The van der Waals surface area contributed by atoms with Crippen LogP contribution in [0.15, 0.2) is 54.1 Å². The van der Waals surface area contributed by atoms with Gasteiger partial charge in [-0.05, 0) is 66.7 Å². The van der Waals surface area contributed by atoms with Crippen molar-refractivity contribution >= 4 is 40.9 Å². The second kappa shape index (κ2) is 8.67. The van der Waals surface area contributed by atoms with E-state index < -0.39 is 11.8 Å². The highest BCUT2D eigenvalue weighted by Gasteiger charge is 2.34. The molecule has 2 amide bonds. The summed E-state index contributed by atoms with van der Waals surface area (Å²) in [4.78, 5) is 26.6. The highest BCUT2D eigenvalue weighted by molar-refractivity contribution is 7.80. The highest BCUT2D eigenvalue weighted by Crippen LogP contribution is 2.24. The van der Waals surface area contributed by atoms with Gasteiger partial charge in [0.05, 0.1) is 19.4 Å². The molecule has 1 saturated heterocycles.